The summed E-state index contributed by atoms with van der Waals surface area (Å²) in [6, 6.07) is 13.5. The normalized spacial score (nSPS) is 12.1. The summed E-state index contributed by atoms with van der Waals surface area (Å²) in [6.07, 6.45) is 2.54. The van der Waals surface area contributed by atoms with Crippen molar-refractivity contribution in [1.82, 2.24) is 5.32 Å². The summed E-state index contributed by atoms with van der Waals surface area (Å²) < 4.78 is 36.1. The van der Waals surface area contributed by atoms with Crippen molar-refractivity contribution in [2.45, 2.75) is 25.8 Å². The van der Waals surface area contributed by atoms with E-state index in [1.54, 1.807) is 51.5 Å². The average molecular weight is 421 g/mol. The van der Waals surface area contributed by atoms with Crippen LogP contribution < -0.4 is 19.1 Å². The van der Waals surface area contributed by atoms with Gasteiger partial charge < -0.3 is 14.8 Å². The molecule has 2 aromatic carbocycles. The Kier molecular flexibility index (Phi) is 7.90. The number of amides is 1. The third kappa shape index (κ3) is 6.12. The summed E-state index contributed by atoms with van der Waals surface area (Å²) in [5.41, 5.74) is 1.52. The maximum atomic E-state index is 12.5. The fourth-order valence-corrected chi connectivity index (χ4v) is 4.25. The first-order valence-corrected chi connectivity index (χ1v) is 11.2. The number of sulfonamides is 1. The van der Waals surface area contributed by atoms with Crippen LogP contribution in [0.3, 0.4) is 0 Å². The monoisotopic (exact) mass is 420 g/mol. The van der Waals surface area contributed by atoms with E-state index in [1.807, 2.05) is 18.2 Å². The molecule has 0 saturated heterocycles. The number of ether oxygens (including phenoxy) is 2. The number of hydrogen-bond donors (Lipinski definition) is 1. The molecule has 158 valence electrons. The molecule has 1 N–H and O–H groups in total. The third-order valence-corrected chi connectivity index (χ3v) is 5.73. The van der Waals surface area contributed by atoms with Gasteiger partial charge in [0.2, 0.25) is 15.9 Å². The fourth-order valence-electron chi connectivity index (χ4n) is 3.07. The Balaban J connectivity index is 1.94. The second kappa shape index (κ2) is 10.2. The molecule has 0 aliphatic heterocycles. The van der Waals surface area contributed by atoms with Gasteiger partial charge in [-0.1, -0.05) is 24.3 Å². The Morgan fingerprint density at radius 2 is 1.72 bits per heavy atom. The zero-order valence-electron chi connectivity index (χ0n) is 17.2. The van der Waals surface area contributed by atoms with Gasteiger partial charge in [-0.3, -0.25) is 9.10 Å². The second-order valence-corrected chi connectivity index (χ2v) is 8.51. The minimum atomic E-state index is -3.60. The van der Waals surface area contributed by atoms with Crippen molar-refractivity contribution in [2.24, 2.45) is 0 Å². The topological polar surface area (TPSA) is 84.9 Å². The van der Waals surface area contributed by atoms with Crippen LogP contribution in [0, 0.1) is 0 Å². The molecule has 0 bridgehead atoms. The van der Waals surface area contributed by atoms with E-state index in [9.17, 15) is 13.2 Å². The Morgan fingerprint density at radius 3 is 2.31 bits per heavy atom. The van der Waals surface area contributed by atoms with E-state index in [2.05, 4.69) is 5.32 Å². The van der Waals surface area contributed by atoms with Crippen molar-refractivity contribution < 1.29 is 22.7 Å². The summed E-state index contributed by atoms with van der Waals surface area (Å²) >= 11 is 0. The average Bonchev–Trinajstić information content (AvgIpc) is 2.70. The molecule has 2 rings (SSSR count). The smallest absolute Gasteiger partial charge is 0.243 e. The molecular weight excluding hydrogens is 392 g/mol. The molecule has 2 aromatic rings. The van der Waals surface area contributed by atoms with Gasteiger partial charge in [0.1, 0.15) is 6.04 Å². The molecule has 0 fully saturated rings. The van der Waals surface area contributed by atoms with Crippen LogP contribution in [0.1, 0.15) is 18.9 Å². The lowest BCUT2D eigenvalue weighted by Gasteiger charge is -2.28. The van der Waals surface area contributed by atoms with E-state index in [0.29, 0.717) is 30.2 Å². The Labute approximate surface area is 172 Å². The van der Waals surface area contributed by atoms with Crippen LogP contribution in [-0.2, 0) is 21.2 Å². The number of rotatable bonds is 10. The van der Waals surface area contributed by atoms with Gasteiger partial charge in [0.25, 0.3) is 0 Å². The minimum Gasteiger partial charge on any atom is -0.493 e. The number of methoxy groups -OCH3 is 2. The standard InChI is InChI=1S/C21H28N2O5S/c1-16(23(29(4,25)26)18-10-6-5-7-11-18)21(24)22-14-8-9-17-12-13-19(27-2)20(15-17)28-3/h5-7,10-13,15-16H,8-9,14H2,1-4H3,(H,22,24). The molecule has 1 amide bonds. The molecule has 0 aromatic heterocycles. The van der Waals surface area contributed by atoms with E-state index in [4.69, 9.17) is 9.47 Å². The van der Waals surface area contributed by atoms with Crippen molar-refractivity contribution in [3.63, 3.8) is 0 Å². The molecule has 0 aliphatic rings. The molecule has 0 heterocycles. The number of benzene rings is 2. The highest BCUT2D eigenvalue weighted by Gasteiger charge is 2.28. The van der Waals surface area contributed by atoms with E-state index in [-0.39, 0.29) is 5.91 Å². The van der Waals surface area contributed by atoms with Gasteiger partial charge in [-0.05, 0) is 49.6 Å². The van der Waals surface area contributed by atoms with Gasteiger partial charge in [-0.2, -0.15) is 0 Å². The number of nitrogens with one attached hydrogen (secondary N) is 1. The first kappa shape index (κ1) is 22.5. The molecule has 0 aliphatic carbocycles. The van der Waals surface area contributed by atoms with Crippen LogP contribution in [0.4, 0.5) is 5.69 Å². The van der Waals surface area contributed by atoms with Crippen molar-refractivity contribution in [2.75, 3.05) is 31.3 Å². The van der Waals surface area contributed by atoms with Gasteiger partial charge in [0.05, 0.1) is 26.2 Å². The predicted molar refractivity (Wildman–Crippen MR) is 114 cm³/mol. The van der Waals surface area contributed by atoms with E-state index >= 15 is 0 Å². The molecule has 29 heavy (non-hydrogen) atoms. The Bertz CT molecular complexity index is 916. The van der Waals surface area contributed by atoms with Crippen molar-refractivity contribution in [1.29, 1.82) is 0 Å². The predicted octanol–water partition coefficient (Wildman–Crippen LogP) is 2.61. The number of aryl methyl sites for hydroxylation is 1. The maximum absolute atomic E-state index is 12.5. The lowest BCUT2D eigenvalue weighted by Crippen LogP contribution is -2.48. The minimum absolute atomic E-state index is 0.341. The molecule has 1 atom stereocenters. The summed E-state index contributed by atoms with van der Waals surface area (Å²) in [7, 11) is -0.430. The van der Waals surface area contributed by atoms with E-state index < -0.39 is 16.1 Å². The molecular formula is C21H28N2O5S. The molecule has 0 saturated carbocycles. The SMILES string of the molecule is COc1ccc(CCCNC(=O)C(C)N(c2ccccc2)S(C)(=O)=O)cc1OC. The van der Waals surface area contributed by atoms with Crippen molar-refractivity contribution in [3.8, 4) is 11.5 Å². The Morgan fingerprint density at radius 1 is 1.07 bits per heavy atom. The molecule has 0 radical (unpaired) electrons. The number of carbonyl (C=O) groups excluding carboxylic acids is 1. The van der Waals surface area contributed by atoms with Crippen molar-refractivity contribution in [3.05, 3.63) is 54.1 Å². The summed E-state index contributed by atoms with van der Waals surface area (Å²) in [5.74, 6) is 0.987. The second-order valence-electron chi connectivity index (χ2n) is 6.65. The number of carbonyl (C=O) groups is 1. The zero-order valence-corrected chi connectivity index (χ0v) is 18.0. The highest BCUT2D eigenvalue weighted by Crippen LogP contribution is 2.28. The van der Waals surface area contributed by atoms with Crippen LogP contribution in [0.25, 0.3) is 0 Å². The molecule has 7 nitrogen and oxygen atoms in total. The first-order valence-electron chi connectivity index (χ1n) is 9.31. The lowest BCUT2D eigenvalue weighted by atomic mass is 10.1. The summed E-state index contributed by atoms with van der Waals surface area (Å²) in [4.78, 5) is 12.5. The van der Waals surface area contributed by atoms with Gasteiger partial charge in [-0.15, -0.1) is 0 Å². The van der Waals surface area contributed by atoms with Crippen molar-refractivity contribution >= 4 is 21.6 Å². The van der Waals surface area contributed by atoms with Crippen LogP contribution in [0.2, 0.25) is 0 Å². The maximum Gasteiger partial charge on any atom is 0.243 e. The highest BCUT2D eigenvalue weighted by atomic mass is 32.2. The van der Waals surface area contributed by atoms with E-state index in [1.165, 1.54) is 0 Å². The third-order valence-electron chi connectivity index (χ3n) is 4.49. The first-order chi connectivity index (χ1) is 13.8. The molecule has 1 unspecified atom stereocenters. The summed E-state index contributed by atoms with van der Waals surface area (Å²) in [6.45, 7) is 2.02. The van der Waals surface area contributed by atoms with Crippen LogP contribution >= 0.6 is 0 Å². The largest absolute Gasteiger partial charge is 0.493 e. The highest BCUT2D eigenvalue weighted by molar-refractivity contribution is 7.92. The van der Waals surface area contributed by atoms with Crippen LogP contribution in [0.5, 0.6) is 11.5 Å². The molecule has 8 heteroatoms. The van der Waals surface area contributed by atoms with Gasteiger partial charge in [0, 0.05) is 6.54 Å². The van der Waals surface area contributed by atoms with Gasteiger partial charge >= 0.3 is 0 Å². The quantitative estimate of drug-likeness (QED) is 0.597. The lowest BCUT2D eigenvalue weighted by molar-refractivity contribution is -0.121. The van der Waals surface area contributed by atoms with Crippen LogP contribution in [-0.4, -0.2) is 47.4 Å². The summed E-state index contributed by atoms with van der Waals surface area (Å²) in [5, 5.41) is 2.83. The number of nitrogens with zero attached hydrogens (tertiary/aromatic N) is 1. The number of anilines is 1. The Hall–Kier alpha value is -2.74. The fraction of sp³-hybridized carbons (Fsp3) is 0.381. The van der Waals surface area contributed by atoms with E-state index in [0.717, 1.165) is 22.5 Å². The van der Waals surface area contributed by atoms with Gasteiger partial charge in [-0.25, -0.2) is 8.42 Å². The van der Waals surface area contributed by atoms with Crippen LogP contribution in [0.15, 0.2) is 48.5 Å². The van der Waals surface area contributed by atoms with Gasteiger partial charge in [0.15, 0.2) is 11.5 Å². The number of para-hydroxylation sites is 1. The number of hydrogen-bond acceptors (Lipinski definition) is 5. The molecule has 0 spiro atoms. The zero-order chi connectivity index (χ0) is 21.4.